The zero-order valence-electron chi connectivity index (χ0n) is 9.30. The summed E-state index contributed by atoms with van der Waals surface area (Å²) in [6, 6.07) is 6.23. The van der Waals surface area contributed by atoms with Gasteiger partial charge in [-0.05, 0) is 25.1 Å². The number of thiazole rings is 2. The molecule has 0 spiro atoms. The predicted molar refractivity (Wildman–Crippen MR) is 73.8 cm³/mol. The van der Waals surface area contributed by atoms with Crippen LogP contribution in [-0.4, -0.2) is 9.97 Å². The summed E-state index contributed by atoms with van der Waals surface area (Å²) < 4.78 is 1.21. The number of aryl methyl sites for hydroxylation is 1. The smallest absolute Gasteiger partial charge is 0.0898 e. The molecular formula is C12H11N3S2. The molecule has 0 saturated carbocycles. The number of rotatable bonds is 3. The van der Waals surface area contributed by atoms with Crippen LogP contribution in [0.1, 0.15) is 10.7 Å². The van der Waals surface area contributed by atoms with E-state index in [1.807, 2.05) is 18.5 Å². The summed E-state index contributed by atoms with van der Waals surface area (Å²) in [4.78, 5) is 8.69. The second-order valence-electron chi connectivity index (χ2n) is 3.75. The first-order chi connectivity index (χ1) is 8.31. The van der Waals surface area contributed by atoms with Gasteiger partial charge in [0.1, 0.15) is 0 Å². The Labute approximate surface area is 107 Å². The molecular weight excluding hydrogens is 250 g/mol. The van der Waals surface area contributed by atoms with Gasteiger partial charge in [-0.3, -0.25) is 0 Å². The van der Waals surface area contributed by atoms with Gasteiger partial charge in [0.25, 0.3) is 0 Å². The average Bonchev–Trinajstić information content (AvgIpc) is 2.94. The quantitative estimate of drug-likeness (QED) is 0.781. The largest absolute Gasteiger partial charge is 0.379 e. The second kappa shape index (κ2) is 4.43. The van der Waals surface area contributed by atoms with E-state index in [0.29, 0.717) is 0 Å². The van der Waals surface area contributed by atoms with E-state index in [4.69, 9.17) is 0 Å². The molecule has 2 aromatic heterocycles. The molecule has 0 atom stereocenters. The highest BCUT2D eigenvalue weighted by Gasteiger charge is 2.00. The fraction of sp³-hybridized carbons (Fsp3) is 0.167. The normalized spacial score (nSPS) is 10.9. The number of aromatic nitrogens is 2. The molecule has 1 aromatic carbocycles. The van der Waals surface area contributed by atoms with E-state index >= 15 is 0 Å². The van der Waals surface area contributed by atoms with Gasteiger partial charge in [-0.1, -0.05) is 0 Å². The molecule has 0 fully saturated rings. The lowest BCUT2D eigenvalue weighted by molar-refractivity contribution is 1.06. The first-order valence-electron chi connectivity index (χ1n) is 5.29. The molecule has 0 aliphatic carbocycles. The standard InChI is InChI=1S/C12H11N3S2/c1-8-15-10(6-16-8)5-13-9-2-3-11-12(4-9)17-7-14-11/h2-4,6-7,13H,5H2,1H3. The van der Waals surface area contributed by atoms with Gasteiger partial charge in [-0.2, -0.15) is 0 Å². The van der Waals surface area contributed by atoms with Gasteiger partial charge < -0.3 is 5.32 Å². The third-order valence-electron chi connectivity index (χ3n) is 2.47. The number of nitrogens with zero attached hydrogens (tertiary/aromatic N) is 2. The van der Waals surface area contributed by atoms with Crippen molar-refractivity contribution in [2.24, 2.45) is 0 Å². The van der Waals surface area contributed by atoms with E-state index in [-0.39, 0.29) is 0 Å². The zero-order valence-corrected chi connectivity index (χ0v) is 10.9. The van der Waals surface area contributed by atoms with Crippen molar-refractivity contribution in [3.05, 3.63) is 39.8 Å². The van der Waals surface area contributed by atoms with Gasteiger partial charge in [0.15, 0.2) is 0 Å². The van der Waals surface area contributed by atoms with Gasteiger partial charge in [0.05, 0.1) is 33.0 Å². The van der Waals surface area contributed by atoms with E-state index in [0.717, 1.165) is 28.5 Å². The van der Waals surface area contributed by atoms with Crippen LogP contribution in [0.25, 0.3) is 10.2 Å². The zero-order chi connectivity index (χ0) is 11.7. The van der Waals surface area contributed by atoms with Gasteiger partial charge in [-0.25, -0.2) is 9.97 Å². The minimum Gasteiger partial charge on any atom is -0.379 e. The molecule has 0 aliphatic rings. The highest BCUT2D eigenvalue weighted by molar-refractivity contribution is 7.16. The molecule has 0 bridgehead atoms. The molecule has 0 radical (unpaired) electrons. The summed E-state index contributed by atoms with van der Waals surface area (Å²) in [5, 5.41) is 6.58. The number of fused-ring (bicyclic) bond motifs is 1. The van der Waals surface area contributed by atoms with Crippen LogP contribution in [0.5, 0.6) is 0 Å². The Bertz CT molecular complexity index is 642. The Hall–Kier alpha value is -1.46. The highest BCUT2D eigenvalue weighted by Crippen LogP contribution is 2.22. The predicted octanol–water partition coefficient (Wildman–Crippen LogP) is 3.67. The van der Waals surface area contributed by atoms with Crippen LogP contribution < -0.4 is 5.32 Å². The fourth-order valence-electron chi connectivity index (χ4n) is 1.65. The maximum Gasteiger partial charge on any atom is 0.0898 e. The molecule has 3 rings (SSSR count). The van der Waals surface area contributed by atoms with E-state index in [2.05, 4.69) is 32.8 Å². The van der Waals surface area contributed by atoms with Gasteiger partial charge in [-0.15, -0.1) is 22.7 Å². The number of hydrogen-bond donors (Lipinski definition) is 1. The molecule has 3 nitrogen and oxygen atoms in total. The fourth-order valence-corrected chi connectivity index (χ4v) is 2.98. The SMILES string of the molecule is Cc1nc(CNc2ccc3ncsc3c2)cs1. The topological polar surface area (TPSA) is 37.8 Å². The number of nitrogens with one attached hydrogen (secondary N) is 1. The number of hydrogen-bond acceptors (Lipinski definition) is 5. The van der Waals surface area contributed by atoms with E-state index < -0.39 is 0 Å². The molecule has 17 heavy (non-hydrogen) atoms. The molecule has 3 aromatic rings. The Kier molecular flexibility index (Phi) is 2.78. The molecule has 0 aliphatic heterocycles. The lowest BCUT2D eigenvalue weighted by Crippen LogP contribution is -1.99. The van der Waals surface area contributed by atoms with Crippen molar-refractivity contribution >= 4 is 38.6 Å². The lowest BCUT2D eigenvalue weighted by atomic mass is 10.3. The van der Waals surface area contributed by atoms with Crippen molar-refractivity contribution in [2.45, 2.75) is 13.5 Å². The third-order valence-corrected chi connectivity index (χ3v) is 4.09. The minimum absolute atomic E-state index is 0.772. The summed E-state index contributed by atoms with van der Waals surface area (Å²) in [5.74, 6) is 0. The molecule has 86 valence electrons. The van der Waals surface area contributed by atoms with Crippen LogP contribution in [0.2, 0.25) is 0 Å². The van der Waals surface area contributed by atoms with Crippen LogP contribution in [-0.2, 0) is 6.54 Å². The van der Waals surface area contributed by atoms with Gasteiger partial charge >= 0.3 is 0 Å². The van der Waals surface area contributed by atoms with Crippen LogP contribution in [0, 0.1) is 6.92 Å². The van der Waals surface area contributed by atoms with Crippen LogP contribution in [0.3, 0.4) is 0 Å². The van der Waals surface area contributed by atoms with Crippen LogP contribution in [0.15, 0.2) is 29.1 Å². The summed E-state index contributed by atoms with van der Waals surface area (Å²) in [7, 11) is 0. The summed E-state index contributed by atoms with van der Waals surface area (Å²) in [6.07, 6.45) is 0. The summed E-state index contributed by atoms with van der Waals surface area (Å²) >= 11 is 3.35. The van der Waals surface area contributed by atoms with E-state index in [1.54, 1.807) is 22.7 Å². The Morgan fingerprint density at radius 2 is 2.24 bits per heavy atom. The van der Waals surface area contributed by atoms with Crippen molar-refractivity contribution < 1.29 is 0 Å². The van der Waals surface area contributed by atoms with Crippen molar-refractivity contribution in [3.63, 3.8) is 0 Å². The first-order valence-corrected chi connectivity index (χ1v) is 7.05. The number of benzene rings is 1. The van der Waals surface area contributed by atoms with E-state index in [1.165, 1.54) is 4.70 Å². The Morgan fingerprint density at radius 1 is 1.29 bits per heavy atom. The summed E-state index contributed by atoms with van der Waals surface area (Å²) in [6.45, 7) is 2.80. The maximum absolute atomic E-state index is 4.42. The molecule has 2 heterocycles. The van der Waals surface area contributed by atoms with Crippen molar-refractivity contribution in [2.75, 3.05) is 5.32 Å². The molecule has 0 saturated heterocycles. The molecule has 0 amide bonds. The highest BCUT2D eigenvalue weighted by atomic mass is 32.1. The minimum atomic E-state index is 0.772. The summed E-state index contributed by atoms with van der Waals surface area (Å²) in [5.41, 5.74) is 5.15. The second-order valence-corrected chi connectivity index (χ2v) is 5.69. The number of anilines is 1. The van der Waals surface area contributed by atoms with Crippen LogP contribution >= 0.6 is 22.7 Å². The Morgan fingerprint density at radius 3 is 3.06 bits per heavy atom. The first kappa shape index (κ1) is 10.7. The molecule has 0 unspecified atom stereocenters. The van der Waals surface area contributed by atoms with E-state index in [9.17, 15) is 0 Å². The molecule has 5 heteroatoms. The van der Waals surface area contributed by atoms with Crippen molar-refractivity contribution in [1.82, 2.24) is 9.97 Å². The maximum atomic E-state index is 4.42. The lowest BCUT2D eigenvalue weighted by Gasteiger charge is -2.03. The van der Waals surface area contributed by atoms with Crippen molar-refractivity contribution in [3.8, 4) is 0 Å². The van der Waals surface area contributed by atoms with Gasteiger partial charge in [0.2, 0.25) is 0 Å². The Balaban J connectivity index is 1.76. The van der Waals surface area contributed by atoms with Gasteiger partial charge in [0, 0.05) is 11.1 Å². The van der Waals surface area contributed by atoms with Crippen LogP contribution in [0.4, 0.5) is 5.69 Å². The van der Waals surface area contributed by atoms with Crippen molar-refractivity contribution in [1.29, 1.82) is 0 Å². The average molecular weight is 261 g/mol. The molecule has 1 N–H and O–H groups in total. The third kappa shape index (κ3) is 2.30. The monoisotopic (exact) mass is 261 g/mol.